The lowest BCUT2D eigenvalue weighted by molar-refractivity contribution is 0.448. The zero-order valence-corrected chi connectivity index (χ0v) is 31.5. The molecule has 0 amide bonds. The quantitative estimate of drug-likeness (QED) is 0.0955. The number of fused-ring (bicyclic) bond motifs is 8. The molecule has 0 spiro atoms. The van der Waals surface area contributed by atoms with Gasteiger partial charge in [-0.2, -0.15) is 0 Å². The van der Waals surface area contributed by atoms with E-state index in [9.17, 15) is 4.39 Å². The maximum atomic E-state index is 15.1. The van der Waals surface area contributed by atoms with E-state index >= 15 is 8.78 Å². The molecular formula is C55H33F3. The minimum atomic E-state index is -1.48. The van der Waals surface area contributed by atoms with Gasteiger partial charge in [0.25, 0.3) is 0 Å². The predicted octanol–water partition coefficient (Wildman–Crippen LogP) is 16.0. The highest BCUT2D eigenvalue weighted by molar-refractivity contribution is 6.25. The molecule has 11 aromatic carbocycles. The minimum Gasteiger partial charge on any atom is -0.204 e. The largest absolute Gasteiger partial charge is 0.204 e. The molecule has 0 nitrogen and oxygen atoms in total. The van der Waals surface area contributed by atoms with Crippen LogP contribution in [-0.2, 0) is 0 Å². The van der Waals surface area contributed by atoms with Crippen LogP contribution in [0.3, 0.4) is 0 Å². The van der Waals surface area contributed by atoms with Crippen LogP contribution in [-0.4, -0.2) is 0 Å². The first kappa shape index (κ1) is 34.1. The molecular weight excluding hydrogens is 718 g/mol. The Bertz CT molecular complexity index is 3470. The molecule has 11 aromatic rings. The summed E-state index contributed by atoms with van der Waals surface area (Å²) < 4.78 is 44.7. The first-order valence-corrected chi connectivity index (χ1v) is 19.5. The molecule has 0 aromatic heterocycles. The fourth-order valence-corrected chi connectivity index (χ4v) is 9.09. The Labute approximate surface area is 333 Å². The SMILES string of the molecule is Cc1ccc(-c2ccc3c(-c4cc5ccccc5c5ccccc45)c4cc(-c5cc(F)c(F)c(F)c5)cc(-c5cc6ccccc6c6ccccc56)c4cc3c2)cc1. The average molecular weight is 751 g/mol. The second kappa shape index (κ2) is 13.2. The molecule has 0 fully saturated rings. The lowest BCUT2D eigenvalue weighted by atomic mass is 9.82. The first-order valence-electron chi connectivity index (χ1n) is 19.5. The maximum Gasteiger partial charge on any atom is 0.194 e. The van der Waals surface area contributed by atoms with Gasteiger partial charge in [-0.3, -0.25) is 0 Å². The van der Waals surface area contributed by atoms with Crippen LogP contribution in [0.25, 0.3) is 109 Å². The summed E-state index contributed by atoms with van der Waals surface area (Å²) >= 11 is 0. The summed E-state index contributed by atoms with van der Waals surface area (Å²) in [4.78, 5) is 0. The van der Waals surface area contributed by atoms with Crippen molar-refractivity contribution < 1.29 is 13.2 Å². The molecule has 0 aliphatic heterocycles. The van der Waals surface area contributed by atoms with Crippen LogP contribution in [0.5, 0.6) is 0 Å². The van der Waals surface area contributed by atoms with Crippen molar-refractivity contribution in [3.8, 4) is 44.5 Å². The second-order valence-electron chi connectivity index (χ2n) is 15.3. The summed E-state index contributed by atoms with van der Waals surface area (Å²) in [5.74, 6) is -3.93. The molecule has 0 heterocycles. The van der Waals surface area contributed by atoms with Crippen molar-refractivity contribution in [2.45, 2.75) is 6.92 Å². The average Bonchev–Trinajstić information content (AvgIpc) is 3.26. The number of halogens is 3. The highest BCUT2D eigenvalue weighted by atomic mass is 19.2. The topological polar surface area (TPSA) is 0 Å². The third kappa shape index (κ3) is 5.38. The van der Waals surface area contributed by atoms with E-state index in [0.717, 1.165) is 110 Å². The Balaban J connectivity index is 1.35. The fraction of sp³-hybridized carbons (Fsp3) is 0.0182. The van der Waals surface area contributed by atoms with Gasteiger partial charge in [-0.1, -0.05) is 139 Å². The summed E-state index contributed by atoms with van der Waals surface area (Å²) in [5.41, 5.74) is 8.24. The van der Waals surface area contributed by atoms with Gasteiger partial charge in [0, 0.05) is 0 Å². The van der Waals surface area contributed by atoms with Crippen molar-refractivity contribution in [3.05, 3.63) is 205 Å². The van der Waals surface area contributed by atoms with Crippen LogP contribution >= 0.6 is 0 Å². The maximum absolute atomic E-state index is 15.1. The van der Waals surface area contributed by atoms with Gasteiger partial charge in [-0.25, -0.2) is 13.2 Å². The van der Waals surface area contributed by atoms with Gasteiger partial charge in [-0.05, 0) is 165 Å². The van der Waals surface area contributed by atoms with Crippen LogP contribution in [0.15, 0.2) is 182 Å². The lowest BCUT2D eigenvalue weighted by Gasteiger charge is -2.21. The molecule has 0 aliphatic rings. The summed E-state index contributed by atoms with van der Waals surface area (Å²) in [6.45, 7) is 2.09. The molecule has 0 N–H and O–H groups in total. The van der Waals surface area contributed by atoms with Gasteiger partial charge in [0.2, 0.25) is 0 Å². The Morgan fingerprint density at radius 3 is 1.43 bits per heavy atom. The van der Waals surface area contributed by atoms with Crippen LogP contribution in [0.2, 0.25) is 0 Å². The van der Waals surface area contributed by atoms with Crippen molar-refractivity contribution in [3.63, 3.8) is 0 Å². The molecule has 0 unspecified atom stereocenters. The van der Waals surface area contributed by atoms with Crippen molar-refractivity contribution in [2.75, 3.05) is 0 Å². The number of benzene rings is 11. The molecule has 0 saturated heterocycles. The minimum absolute atomic E-state index is 0.258. The van der Waals surface area contributed by atoms with Crippen molar-refractivity contribution >= 4 is 64.6 Å². The van der Waals surface area contributed by atoms with E-state index in [1.54, 1.807) is 0 Å². The summed E-state index contributed by atoms with van der Waals surface area (Å²) in [7, 11) is 0. The number of hydrogen-bond donors (Lipinski definition) is 0. The standard InChI is InChI=1S/C55H33F3/c1-32-18-20-33(21-19-32)34-22-23-42-39(24-34)29-49-48(47-25-35-10-2-4-12-40(35)43-14-6-8-16-45(43)47)27-37(38-30-52(56)55(58)53(57)31-38)28-51(49)54(42)50-26-36-11-3-5-13-41(36)44-15-7-9-17-46(44)50/h2-31H,1H3. The van der Waals surface area contributed by atoms with Crippen molar-refractivity contribution in [1.82, 2.24) is 0 Å². The number of rotatable bonds is 4. The molecule has 3 heteroatoms. The Morgan fingerprint density at radius 2 is 0.793 bits per heavy atom. The van der Waals surface area contributed by atoms with Crippen LogP contribution in [0.4, 0.5) is 13.2 Å². The number of aryl methyl sites for hydroxylation is 1. The van der Waals surface area contributed by atoms with Gasteiger partial charge < -0.3 is 0 Å². The van der Waals surface area contributed by atoms with Crippen LogP contribution in [0, 0.1) is 24.4 Å². The fourth-order valence-electron chi connectivity index (χ4n) is 9.09. The van der Waals surface area contributed by atoms with Crippen molar-refractivity contribution in [2.24, 2.45) is 0 Å². The second-order valence-corrected chi connectivity index (χ2v) is 15.3. The Morgan fingerprint density at radius 1 is 0.293 bits per heavy atom. The van der Waals surface area contributed by atoms with Crippen LogP contribution < -0.4 is 0 Å². The Hall–Kier alpha value is -7.23. The van der Waals surface area contributed by atoms with Gasteiger partial charge >= 0.3 is 0 Å². The normalized spacial score (nSPS) is 11.8. The first-order chi connectivity index (χ1) is 28.4. The lowest BCUT2D eigenvalue weighted by Crippen LogP contribution is -1.95. The van der Waals surface area contributed by atoms with Gasteiger partial charge in [-0.15, -0.1) is 0 Å². The molecule has 274 valence electrons. The molecule has 0 bridgehead atoms. The van der Waals surface area contributed by atoms with E-state index in [1.165, 1.54) is 5.56 Å². The molecule has 58 heavy (non-hydrogen) atoms. The monoisotopic (exact) mass is 750 g/mol. The van der Waals surface area contributed by atoms with E-state index in [4.69, 9.17) is 0 Å². The van der Waals surface area contributed by atoms with E-state index < -0.39 is 17.5 Å². The van der Waals surface area contributed by atoms with Gasteiger partial charge in [0.05, 0.1) is 0 Å². The van der Waals surface area contributed by atoms with E-state index in [2.05, 4.69) is 153 Å². The highest BCUT2D eigenvalue weighted by Crippen LogP contribution is 2.48. The van der Waals surface area contributed by atoms with Crippen molar-refractivity contribution in [1.29, 1.82) is 0 Å². The van der Waals surface area contributed by atoms with E-state index in [0.29, 0.717) is 5.56 Å². The summed E-state index contributed by atoms with van der Waals surface area (Å²) in [5, 5.41) is 12.9. The van der Waals surface area contributed by atoms with Gasteiger partial charge in [0.15, 0.2) is 17.5 Å². The predicted molar refractivity (Wildman–Crippen MR) is 238 cm³/mol. The summed E-state index contributed by atoms with van der Waals surface area (Å²) in [6.07, 6.45) is 0. The smallest absolute Gasteiger partial charge is 0.194 e. The highest BCUT2D eigenvalue weighted by Gasteiger charge is 2.21. The Kier molecular flexibility index (Phi) is 7.74. The summed E-state index contributed by atoms with van der Waals surface area (Å²) in [6, 6.07) is 62.0. The zero-order valence-electron chi connectivity index (χ0n) is 31.5. The molecule has 0 aliphatic carbocycles. The third-order valence-corrected chi connectivity index (χ3v) is 11.9. The molecule has 0 saturated carbocycles. The third-order valence-electron chi connectivity index (χ3n) is 11.9. The van der Waals surface area contributed by atoms with E-state index in [1.807, 2.05) is 24.3 Å². The molecule has 11 rings (SSSR count). The zero-order chi connectivity index (χ0) is 39.1. The van der Waals surface area contributed by atoms with Gasteiger partial charge in [0.1, 0.15) is 0 Å². The van der Waals surface area contributed by atoms with E-state index in [-0.39, 0.29) is 5.56 Å². The number of hydrogen-bond acceptors (Lipinski definition) is 0. The molecule has 0 atom stereocenters. The molecule has 0 radical (unpaired) electrons. The van der Waals surface area contributed by atoms with Crippen LogP contribution in [0.1, 0.15) is 5.56 Å².